The van der Waals surface area contributed by atoms with Crippen molar-refractivity contribution >= 4 is 5.91 Å². The predicted molar refractivity (Wildman–Crippen MR) is 94.9 cm³/mol. The second kappa shape index (κ2) is 9.16. The van der Waals surface area contributed by atoms with E-state index in [1.54, 1.807) is 0 Å². The zero-order valence-corrected chi connectivity index (χ0v) is 13.7. The van der Waals surface area contributed by atoms with Crippen LogP contribution in [-0.4, -0.2) is 12.5 Å². The van der Waals surface area contributed by atoms with Gasteiger partial charge < -0.3 is 10.6 Å². The molecule has 4 nitrogen and oxygen atoms in total. The van der Waals surface area contributed by atoms with E-state index in [2.05, 4.69) is 10.6 Å². The maximum Gasteiger partial charge on any atom is 0.263 e. The lowest BCUT2D eigenvalue weighted by Crippen LogP contribution is -2.27. The Hall–Kier alpha value is -3.06. The summed E-state index contributed by atoms with van der Waals surface area (Å²) in [5.74, 6) is -0.355. The number of rotatable bonds is 7. The Bertz CT molecular complexity index is 678. The average molecular weight is 319 g/mol. The van der Waals surface area contributed by atoms with Gasteiger partial charge in [-0.15, -0.1) is 0 Å². The molecule has 0 saturated heterocycles. The molecule has 2 aromatic carbocycles. The number of carbonyl (C=O) groups excluding carboxylic acids is 1. The van der Waals surface area contributed by atoms with E-state index in [9.17, 15) is 10.1 Å². The van der Waals surface area contributed by atoms with E-state index in [-0.39, 0.29) is 17.5 Å². The van der Waals surface area contributed by atoms with Gasteiger partial charge in [0, 0.05) is 12.7 Å². The van der Waals surface area contributed by atoms with E-state index < -0.39 is 0 Å². The minimum absolute atomic E-state index is 0.0697. The van der Waals surface area contributed by atoms with Crippen molar-refractivity contribution in [2.75, 3.05) is 6.54 Å². The molecule has 0 radical (unpaired) electrons. The molecule has 0 saturated carbocycles. The molecule has 0 aliphatic rings. The Morgan fingerprint density at radius 2 is 1.62 bits per heavy atom. The smallest absolute Gasteiger partial charge is 0.263 e. The van der Waals surface area contributed by atoms with Gasteiger partial charge >= 0.3 is 0 Å². The number of amides is 1. The maximum atomic E-state index is 12.0. The van der Waals surface area contributed by atoms with Gasteiger partial charge in [-0.1, -0.05) is 67.6 Å². The Kier molecular flexibility index (Phi) is 6.60. The van der Waals surface area contributed by atoms with Crippen LogP contribution in [0.3, 0.4) is 0 Å². The van der Waals surface area contributed by atoms with E-state index in [0.717, 1.165) is 17.5 Å². The maximum absolute atomic E-state index is 12.0. The molecule has 0 unspecified atom stereocenters. The van der Waals surface area contributed by atoms with Gasteiger partial charge in [0.15, 0.2) is 0 Å². The van der Waals surface area contributed by atoms with Crippen LogP contribution in [0, 0.1) is 11.3 Å². The molecular formula is C20H21N3O. The van der Waals surface area contributed by atoms with E-state index in [1.807, 2.05) is 73.7 Å². The van der Waals surface area contributed by atoms with Crippen molar-refractivity contribution in [3.8, 4) is 6.07 Å². The molecule has 2 aromatic rings. The third kappa shape index (κ3) is 4.72. The lowest BCUT2D eigenvalue weighted by molar-refractivity contribution is -0.117. The van der Waals surface area contributed by atoms with Crippen molar-refractivity contribution in [2.24, 2.45) is 0 Å². The van der Waals surface area contributed by atoms with Gasteiger partial charge in [0.2, 0.25) is 0 Å². The highest BCUT2D eigenvalue weighted by atomic mass is 16.1. The first kappa shape index (κ1) is 17.3. The third-order valence-electron chi connectivity index (χ3n) is 3.56. The molecule has 1 amide bonds. The van der Waals surface area contributed by atoms with Crippen LogP contribution in [0.5, 0.6) is 0 Å². The standard InChI is InChI=1S/C20H21N3O/c1-2-13-22-20(24)18(14-21)15-23-19(16-9-5-3-6-10-16)17-11-7-4-8-12-17/h3-12,15,19,23H,2,13H2,1H3,(H,22,24)/b18-15-. The van der Waals surface area contributed by atoms with Gasteiger partial charge in [-0.3, -0.25) is 4.79 Å². The largest absolute Gasteiger partial charge is 0.379 e. The number of nitrogens with one attached hydrogen (secondary N) is 2. The zero-order valence-electron chi connectivity index (χ0n) is 13.7. The monoisotopic (exact) mass is 319 g/mol. The predicted octanol–water partition coefficient (Wildman–Crippen LogP) is 3.30. The molecule has 0 bridgehead atoms. The van der Waals surface area contributed by atoms with E-state index >= 15 is 0 Å². The molecule has 0 aliphatic carbocycles. The van der Waals surface area contributed by atoms with Crippen LogP contribution >= 0.6 is 0 Å². The van der Waals surface area contributed by atoms with Crippen molar-refractivity contribution in [3.63, 3.8) is 0 Å². The van der Waals surface area contributed by atoms with Crippen molar-refractivity contribution in [2.45, 2.75) is 19.4 Å². The summed E-state index contributed by atoms with van der Waals surface area (Å²) in [6.45, 7) is 2.52. The Labute approximate surface area is 142 Å². The zero-order chi connectivity index (χ0) is 17.2. The second-order valence-corrected chi connectivity index (χ2v) is 5.35. The first-order chi connectivity index (χ1) is 11.8. The fourth-order valence-corrected chi connectivity index (χ4v) is 2.32. The summed E-state index contributed by atoms with van der Waals surface area (Å²) >= 11 is 0. The minimum atomic E-state index is -0.355. The highest BCUT2D eigenvalue weighted by Gasteiger charge is 2.14. The summed E-state index contributed by atoms with van der Waals surface area (Å²) in [7, 11) is 0. The normalized spacial score (nSPS) is 11.0. The van der Waals surface area contributed by atoms with Crippen molar-refractivity contribution in [1.82, 2.24) is 10.6 Å². The van der Waals surface area contributed by atoms with Crippen molar-refractivity contribution < 1.29 is 4.79 Å². The molecule has 0 atom stereocenters. The quantitative estimate of drug-likeness (QED) is 0.608. The number of hydrogen-bond acceptors (Lipinski definition) is 3. The molecule has 2 rings (SSSR count). The molecule has 0 fully saturated rings. The molecule has 4 heteroatoms. The van der Waals surface area contributed by atoms with Crippen LogP contribution in [0.1, 0.15) is 30.5 Å². The van der Waals surface area contributed by atoms with Gasteiger partial charge in [0.05, 0.1) is 6.04 Å². The third-order valence-corrected chi connectivity index (χ3v) is 3.56. The lowest BCUT2D eigenvalue weighted by Gasteiger charge is -2.19. The van der Waals surface area contributed by atoms with E-state index in [0.29, 0.717) is 6.54 Å². The van der Waals surface area contributed by atoms with Crippen LogP contribution in [0.25, 0.3) is 0 Å². The highest BCUT2D eigenvalue weighted by molar-refractivity contribution is 5.97. The number of benzene rings is 2. The number of nitriles is 1. The van der Waals surface area contributed by atoms with Gasteiger partial charge in [-0.05, 0) is 17.5 Å². The van der Waals surface area contributed by atoms with Crippen molar-refractivity contribution in [3.05, 3.63) is 83.6 Å². The Balaban J connectivity index is 2.24. The molecule has 122 valence electrons. The van der Waals surface area contributed by atoms with Crippen LogP contribution in [0.2, 0.25) is 0 Å². The first-order valence-corrected chi connectivity index (χ1v) is 8.00. The summed E-state index contributed by atoms with van der Waals surface area (Å²) in [5.41, 5.74) is 2.19. The molecule has 0 spiro atoms. The van der Waals surface area contributed by atoms with E-state index in [4.69, 9.17) is 0 Å². The molecule has 0 aliphatic heterocycles. The summed E-state index contributed by atoms with van der Waals surface area (Å²) in [6.07, 6.45) is 2.32. The fraction of sp³-hybridized carbons (Fsp3) is 0.200. The Morgan fingerprint density at radius 3 is 2.08 bits per heavy atom. The molecule has 2 N–H and O–H groups in total. The van der Waals surface area contributed by atoms with Crippen molar-refractivity contribution in [1.29, 1.82) is 5.26 Å². The SMILES string of the molecule is CCCNC(=O)/C(C#N)=C\NC(c1ccccc1)c1ccccc1. The van der Waals surface area contributed by atoms with E-state index in [1.165, 1.54) is 6.20 Å². The Morgan fingerprint density at radius 1 is 1.08 bits per heavy atom. The van der Waals surface area contributed by atoms with Gasteiger partial charge in [0.25, 0.3) is 5.91 Å². The summed E-state index contributed by atoms with van der Waals surface area (Å²) in [5, 5.41) is 15.2. The summed E-state index contributed by atoms with van der Waals surface area (Å²) in [6, 6.07) is 21.7. The minimum Gasteiger partial charge on any atom is -0.379 e. The summed E-state index contributed by atoms with van der Waals surface area (Å²) in [4.78, 5) is 12.0. The highest BCUT2D eigenvalue weighted by Crippen LogP contribution is 2.21. The summed E-state index contributed by atoms with van der Waals surface area (Å²) < 4.78 is 0. The van der Waals surface area contributed by atoms with Gasteiger partial charge in [0.1, 0.15) is 11.6 Å². The van der Waals surface area contributed by atoms with Crippen LogP contribution in [0.4, 0.5) is 0 Å². The topological polar surface area (TPSA) is 64.9 Å². The second-order valence-electron chi connectivity index (χ2n) is 5.35. The first-order valence-electron chi connectivity index (χ1n) is 8.00. The van der Waals surface area contributed by atoms with Gasteiger partial charge in [-0.2, -0.15) is 5.26 Å². The van der Waals surface area contributed by atoms with Crippen LogP contribution < -0.4 is 10.6 Å². The number of carbonyl (C=O) groups is 1. The molecule has 0 aromatic heterocycles. The molecular weight excluding hydrogens is 298 g/mol. The molecule has 24 heavy (non-hydrogen) atoms. The van der Waals surface area contributed by atoms with Crippen LogP contribution in [0.15, 0.2) is 72.4 Å². The number of hydrogen-bond donors (Lipinski definition) is 2. The lowest BCUT2D eigenvalue weighted by atomic mass is 9.99. The fourth-order valence-electron chi connectivity index (χ4n) is 2.32. The average Bonchev–Trinajstić information content (AvgIpc) is 2.65. The van der Waals surface area contributed by atoms with Crippen LogP contribution in [-0.2, 0) is 4.79 Å². The molecule has 0 heterocycles. The number of nitrogens with zero attached hydrogens (tertiary/aromatic N) is 1. The van der Waals surface area contributed by atoms with Gasteiger partial charge in [-0.25, -0.2) is 0 Å².